The fraction of sp³-hybridized carbons (Fsp3) is 0.455. The van der Waals surface area contributed by atoms with Gasteiger partial charge in [0.05, 0.1) is 12.8 Å². The Morgan fingerprint density at radius 1 is 1.40 bits per heavy atom. The molecule has 0 atom stereocenters. The number of hydrogen-bond donors (Lipinski definition) is 0. The molecule has 0 fully saturated rings. The van der Waals surface area contributed by atoms with Gasteiger partial charge in [-0.15, -0.1) is 0 Å². The molecule has 1 aliphatic rings. The predicted molar refractivity (Wildman–Crippen MR) is 58.2 cm³/mol. The maximum atomic E-state index is 10.9. The number of hydrogen-bond acceptors (Lipinski definition) is 3. The molecule has 1 rings (SSSR count). The van der Waals surface area contributed by atoms with E-state index in [0.29, 0.717) is 5.71 Å². The predicted octanol–water partition coefficient (Wildman–Crippen LogP) is 2.12. The molecule has 4 nitrogen and oxygen atoms in total. The monoisotopic (exact) mass is 209 g/mol. The van der Waals surface area contributed by atoms with E-state index in [1.54, 1.807) is 19.3 Å². The number of carbonyl (C=O) groups is 1. The molecule has 0 saturated carbocycles. The number of aliphatic imine (C=N–C) groups is 1. The van der Waals surface area contributed by atoms with E-state index in [1.165, 1.54) is 7.11 Å². The molecule has 0 heterocycles. The lowest BCUT2D eigenvalue weighted by atomic mass is 9.94. The fourth-order valence-corrected chi connectivity index (χ4v) is 1.31. The molecule has 0 saturated heterocycles. The van der Waals surface area contributed by atoms with Crippen LogP contribution in [0.25, 0.3) is 0 Å². The standard InChI is InChI=1S/C11H15NO3/c1-4-11(15-3)7-5-9(6-8-11)12-10(13)14-2/h5-8H,4H2,1-3H3. The lowest BCUT2D eigenvalue weighted by Gasteiger charge is -2.26. The zero-order chi connectivity index (χ0) is 11.3. The van der Waals surface area contributed by atoms with E-state index in [1.807, 2.05) is 19.1 Å². The maximum Gasteiger partial charge on any atom is 0.433 e. The summed E-state index contributed by atoms with van der Waals surface area (Å²) >= 11 is 0. The smallest absolute Gasteiger partial charge is 0.433 e. The van der Waals surface area contributed by atoms with Crippen molar-refractivity contribution >= 4 is 11.8 Å². The lowest BCUT2D eigenvalue weighted by molar-refractivity contribution is 0.0707. The Hall–Kier alpha value is -1.42. The summed E-state index contributed by atoms with van der Waals surface area (Å²) < 4.78 is 9.79. The van der Waals surface area contributed by atoms with Crippen molar-refractivity contribution in [3.63, 3.8) is 0 Å². The third kappa shape index (κ3) is 2.76. The van der Waals surface area contributed by atoms with Gasteiger partial charge in [0.25, 0.3) is 0 Å². The van der Waals surface area contributed by atoms with Crippen LogP contribution in [0.2, 0.25) is 0 Å². The molecule has 0 radical (unpaired) electrons. The second-order valence-corrected chi connectivity index (χ2v) is 3.19. The van der Waals surface area contributed by atoms with Crippen molar-refractivity contribution in [3.05, 3.63) is 24.3 Å². The molecule has 82 valence electrons. The van der Waals surface area contributed by atoms with Crippen LogP contribution in [0.3, 0.4) is 0 Å². The number of carbonyl (C=O) groups excluding carboxylic acids is 1. The summed E-state index contributed by atoms with van der Waals surface area (Å²) in [6.45, 7) is 2.03. The molecule has 0 unspecified atom stereocenters. The van der Waals surface area contributed by atoms with Gasteiger partial charge < -0.3 is 9.47 Å². The van der Waals surface area contributed by atoms with Crippen LogP contribution in [0.5, 0.6) is 0 Å². The van der Waals surface area contributed by atoms with Crippen LogP contribution in [0.1, 0.15) is 13.3 Å². The van der Waals surface area contributed by atoms with E-state index in [0.717, 1.165) is 6.42 Å². The molecule has 1 aliphatic carbocycles. The molecular formula is C11H15NO3. The number of methoxy groups -OCH3 is 2. The summed E-state index contributed by atoms with van der Waals surface area (Å²) in [5.74, 6) is 0. The molecule has 4 heteroatoms. The zero-order valence-electron chi connectivity index (χ0n) is 9.19. The fourth-order valence-electron chi connectivity index (χ4n) is 1.31. The van der Waals surface area contributed by atoms with Gasteiger partial charge >= 0.3 is 6.09 Å². The number of allylic oxidation sites excluding steroid dienone is 2. The van der Waals surface area contributed by atoms with E-state index >= 15 is 0 Å². The number of nitrogens with zero attached hydrogens (tertiary/aromatic N) is 1. The van der Waals surface area contributed by atoms with Gasteiger partial charge in [-0.25, -0.2) is 4.79 Å². The largest absolute Gasteiger partial charge is 0.451 e. The van der Waals surface area contributed by atoms with Crippen LogP contribution in [0.15, 0.2) is 29.3 Å². The Kier molecular flexibility index (Phi) is 3.80. The van der Waals surface area contributed by atoms with Crippen molar-refractivity contribution in [1.29, 1.82) is 0 Å². The van der Waals surface area contributed by atoms with Gasteiger partial charge in [-0.1, -0.05) is 6.92 Å². The first-order chi connectivity index (χ1) is 7.15. The van der Waals surface area contributed by atoms with Crippen molar-refractivity contribution in [3.8, 4) is 0 Å². The lowest BCUT2D eigenvalue weighted by Crippen LogP contribution is -2.27. The number of amides is 1. The second kappa shape index (κ2) is 4.89. The Morgan fingerprint density at radius 2 is 2.00 bits per heavy atom. The maximum absolute atomic E-state index is 10.9. The Bertz CT molecular complexity index is 307. The van der Waals surface area contributed by atoms with E-state index in [2.05, 4.69) is 9.73 Å². The highest BCUT2D eigenvalue weighted by atomic mass is 16.5. The average molecular weight is 209 g/mol. The summed E-state index contributed by atoms with van der Waals surface area (Å²) in [5.41, 5.74) is 0.206. The van der Waals surface area contributed by atoms with Crippen molar-refractivity contribution in [1.82, 2.24) is 0 Å². The SMILES string of the molecule is CCC1(OC)C=CC(=NC(=O)OC)C=C1. The topological polar surface area (TPSA) is 47.9 Å². The first-order valence-electron chi connectivity index (χ1n) is 4.76. The van der Waals surface area contributed by atoms with Crippen molar-refractivity contribution in [2.75, 3.05) is 14.2 Å². The molecule has 0 N–H and O–H groups in total. The third-order valence-electron chi connectivity index (χ3n) is 2.40. The van der Waals surface area contributed by atoms with Crippen LogP contribution in [-0.4, -0.2) is 31.6 Å². The van der Waals surface area contributed by atoms with Gasteiger partial charge in [0.1, 0.15) is 5.60 Å². The highest BCUT2D eigenvalue weighted by Crippen LogP contribution is 2.22. The number of ether oxygens (including phenoxy) is 2. The molecule has 0 aromatic rings. The molecule has 15 heavy (non-hydrogen) atoms. The van der Waals surface area contributed by atoms with Crippen LogP contribution >= 0.6 is 0 Å². The molecule has 0 aromatic carbocycles. The zero-order valence-corrected chi connectivity index (χ0v) is 9.19. The highest BCUT2D eigenvalue weighted by molar-refractivity contribution is 6.09. The van der Waals surface area contributed by atoms with Gasteiger partial charge in [0.2, 0.25) is 0 Å². The van der Waals surface area contributed by atoms with Crippen LogP contribution in [-0.2, 0) is 9.47 Å². The van der Waals surface area contributed by atoms with Gasteiger partial charge in [-0.3, -0.25) is 0 Å². The van der Waals surface area contributed by atoms with Crippen LogP contribution in [0, 0.1) is 0 Å². The van der Waals surface area contributed by atoms with E-state index in [-0.39, 0.29) is 5.60 Å². The summed E-state index contributed by atoms with van der Waals surface area (Å²) in [4.78, 5) is 14.6. The third-order valence-corrected chi connectivity index (χ3v) is 2.40. The van der Waals surface area contributed by atoms with Gasteiger partial charge in [0, 0.05) is 7.11 Å². The molecule has 0 aliphatic heterocycles. The average Bonchev–Trinajstić information content (AvgIpc) is 2.30. The Morgan fingerprint density at radius 3 is 2.40 bits per heavy atom. The van der Waals surface area contributed by atoms with Crippen LogP contribution < -0.4 is 0 Å². The second-order valence-electron chi connectivity index (χ2n) is 3.19. The molecule has 0 bridgehead atoms. The number of rotatable bonds is 2. The molecular weight excluding hydrogens is 194 g/mol. The van der Waals surface area contributed by atoms with Gasteiger partial charge in [-0.2, -0.15) is 4.99 Å². The first kappa shape index (κ1) is 11.7. The summed E-state index contributed by atoms with van der Waals surface area (Å²) in [7, 11) is 2.95. The Balaban J connectivity index is 2.79. The minimum absolute atomic E-state index is 0.366. The van der Waals surface area contributed by atoms with Crippen molar-refractivity contribution < 1.29 is 14.3 Å². The Labute approximate surface area is 89.3 Å². The summed E-state index contributed by atoms with van der Waals surface area (Å²) in [6.07, 6.45) is 7.51. The quantitative estimate of drug-likeness (QED) is 0.699. The molecule has 1 amide bonds. The van der Waals surface area contributed by atoms with Gasteiger partial charge in [0.15, 0.2) is 0 Å². The summed E-state index contributed by atoms with van der Waals surface area (Å²) in [6, 6.07) is 0. The summed E-state index contributed by atoms with van der Waals surface area (Å²) in [5, 5.41) is 0. The van der Waals surface area contributed by atoms with E-state index in [4.69, 9.17) is 4.74 Å². The molecule has 0 aromatic heterocycles. The van der Waals surface area contributed by atoms with E-state index < -0.39 is 6.09 Å². The van der Waals surface area contributed by atoms with Crippen molar-refractivity contribution in [2.45, 2.75) is 18.9 Å². The van der Waals surface area contributed by atoms with Crippen LogP contribution in [0.4, 0.5) is 4.79 Å². The van der Waals surface area contributed by atoms with E-state index in [9.17, 15) is 4.79 Å². The molecule has 0 spiro atoms. The normalized spacial score (nSPS) is 24.1. The van der Waals surface area contributed by atoms with Crippen molar-refractivity contribution in [2.24, 2.45) is 4.99 Å². The first-order valence-corrected chi connectivity index (χ1v) is 4.76. The minimum atomic E-state index is -0.597. The van der Waals surface area contributed by atoms with Gasteiger partial charge in [-0.05, 0) is 30.7 Å². The highest BCUT2D eigenvalue weighted by Gasteiger charge is 2.23. The minimum Gasteiger partial charge on any atom is -0.451 e.